The van der Waals surface area contributed by atoms with Gasteiger partial charge in [-0.15, -0.1) is 0 Å². The lowest BCUT2D eigenvalue weighted by Crippen LogP contribution is -2.31. The number of aryl methyl sites for hydroxylation is 2. The van der Waals surface area contributed by atoms with Gasteiger partial charge in [-0.2, -0.15) is 0 Å². The minimum Gasteiger partial charge on any atom is -0.493 e. The molecule has 52 heavy (non-hydrogen) atoms. The average molecular weight is 723 g/mol. The maximum absolute atomic E-state index is 12.1. The Morgan fingerprint density at radius 1 is 0.692 bits per heavy atom. The van der Waals surface area contributed by atoms with Crippen LogP contribution in [0.4, 0.5) is 0 Å². The molecular weight excluding hydrogens is 652 g/mol. The number of carbonyl (C=O) groups is 2. The van der Waals surface area contributed by atoms with Crippen molar-refractivity contribution in [2.75, 3.05) is 33.0 Å². The highest BCUT2D eigenvalue weighted by molar-refractivity contribution is 5.87. The molecule has 0 atom stereocenters. The molecule has 292 valence electrons. The van der Waals surface area contributed by atoms with Gasteiger partial charge in [-0.3, -0.25) is 0 Å². The van der Waals surface area contributed by atoms with Crippen LogP contribution in [0.25, 0.3) is 0 Å². The summed E-state index contributed by atoms with van der Waals surface area (Å²) in [6.45, 7) is 13.4. The number of carbonyl (C=O) groups excluding carboxylic acids is 2. The lowest BCUT2D eigenvalue weighted by molar-refractivity contribution is -0.139. The highest BCUT2D eigenvalue weighted by Gasteiger charge is 2.34. The Labute approximate surface area is 315 Å². The number of hydrogen-bond acceptors (Lipinski definition) is 7. The molecule has 3 saturated carbocycles. The van der Waals surface area contributed by atoms with E-state index in [0.29, 0.717) is 75.4 Å². The van der Waals surface area contributed by atoms with Crippen LogP contribution < -0.4 is 4.74 Å². The molecule has 1 aromatic carbocycles. The molecule has 0 radical (unpaired) electrons. The van der Waals surface area contributed by atoms with E-state index in [1.54, 1.807) is 13.8 Å². The highest BCUT2D eigenvalue weighted by Crippen LogP contribution is 2.47. The summed E-state index contributed by atoms with van der Waals surface area (Å²) in [5.41, 5.74) is 3.72. The topological polar surface area (TPSA) is 102 Å². The number of ether oxygens (including phenoxy) is 3. The SMILES string of the molecule is C=C(C)C(=O)OCCCc1cc(C2CCC(C3CCC(C4CCCCC4)CC3)CC2)cc(CCCOC(=O)C(=C)C)c1OCCC(CC)(CO)CO. The van der Waals surface area contributed by atoms with Gasteiger partial charge in [0.2, 0.25) is 0 Å². The molecule has 7 heteroatoms. The van der Waals surface area contributed by atoms with Crippen molar-refractivity contribution in [3.63, 3.8) is 0 Å². The van der Waals surface area contributed by atoms with E-state index in [1.807, 2.05) is 6.92 Å². The third-order valence-corrected chi connectivity index (χ3v) is 13.0. The minimum absolute atomic E-state index is 0.102. The molecular formula is C45H70O7. The van der Waals surface area contributed by atoms with E-state index in [9.17, 15) is 19.8 Å². The monoisotopic (exact) mass is 723 g/mol. The largest absolute Gasteiger partial charge is 0.493 e. The molecule has 0 unspecified atom stereocenters. The van der Waals surface area contributed by atoms with Gasteiger partial charge in [-0.1, -0.05) is 64.3 Å². The van der Waals surface area contributed by atoms with Crippen LogP contribution in [0.15, 0.2) is 36.4 Å². The zero-order valence-corrected chi connectivity index (χ0v) is 32.9. The van der Waals surface area contributed by atoms with E-state index >= 15 is 0 Å². The fraction of sp³-hybridized carbons (Fsp3) is 0.733. The van der Waals surface area contributed by atoms with Crippen LogP contribution >= 0.6 is 0 Å². The predicted molar refractivity (Wildman–Crippen MR) is 208 cm³/mol. The van der Waals surface area contributed by atoms with Crippen LogP contribution in [0.2, 0.25) is 0 Å². The van der Waals surface area contributed by atoms with Crippen LogP contribution in [0.5, 0.6) is 5.75 Å². The third-order valence-electron chi connectivity index (χ3n) is 13.0. The van der Waals surface area contributed by atoms with Crippen molar-refractivity contribution in [2.45, 2.75) is 149 Å². The number of rotatable bonds is 20. The zero-order chi connectivity index (χ0) is 37.5. The summed E-state index contributed by atoms with van der Waals surface area (Å²) in [5.74, 6) is 4.26. The number of hydrogen-bond donors (Lipinski definition) is 2. The molecule has 1 aromatic rings. The molecule has 0 saturated heterocycles. The van der Waals surface area contributed by atoms with Crippen molar-refractivity contribution < 1.29 is 34.0 Å². The molecule has 7 nitrogen and oxygen atoms in total. The summed E-state index contributed by atoms with van der Waals surface area (Å²) in [4.78, 5) is 24.2. The van der Waals surface area contributed by atoms with Gasteiger partial charge in [0, 0.05) is 16.6 Å². The van der Waals surface area contributed by atoms with Crippen molar-refractivity contribution >= 4 is 11.9 Å². The quantitative estimate of drug-likeness (QED) is 0.0785. The first kappa shape index (κ1) is 42.1. The van der Waals surface area contributed by atoms with Crippen molar-refractivity contribution in [3.05, 3.63) is 53.1 Å². The second kappa shape index (κ2) is 21.3. The van der Waals surface area contributed by atoms with E-state index < -0.39 is 5.41 Å². The van der Waals surface area contributed by atoms with Crippen LogP contribution in [0, 0.1) is 29.1 Å². The van der Waals surface area contributed by atoms with E-state index in [4.69, 9.17) is 14.2 Å². The molecule has 0 amide bonds. The first-order chi connectivity index (χ1) is 25.1. The zero-order valence-electron chi connectivity index (χ0n) is 32.9. The van der Waals surface area contributed by atoms with Gasteiger partial charge >= 0.3 is 11.9 Å². The van der Waals surface area contributed by atoms with Crippen molar-refractivity contribution in [2.24, 2.45) is 29.1 Å². The van der Waals surface area contributed by atoms with E-state index in [1.165, 1.54) is 89.0 Å². The number of esters is 2. The Bertz CT molecular complexity index is 1230. The molecule has 3 fully saturated rings. The van der Waals surface area contributed by atoms with Gasteiger partial charge in [0.15, 0.2) is 0 Å². The molecule has 0 spiro atoms. The van der Waals surface area contributed by atoms with Crippen molar-refractivity contribution in [3.8, 4) is 5.75 Å². The van der Waals surface area contributed by atoms with E-state index in [-0.39, 0.29) is 25.2 Å². The number of benzene rings is 1. The first-order valence-corrected chi connectivity index (χ1v) is 20.7. The normalized spacial score (nSPS) is 22.8. The summed E-state index contributed by atoms with van der Waals surface area (Å²) in [5, 5.41) is 20.1. The number of aliphatic hydroxyl groups excluding tert-OH is 2. The molecule has 3 aliphatic rings. The Kier molecular flexibility index (Phi) is 17.2. The molecule has 0 aromatic heterocycles. The summed E-state index contributed by atoms with van der Waals surface area (Å²) in [6, 6.07) is 4.65. The van der Waals surface area contributed by atoms with Gasteiger partial charge < -0.3 is 24.4 Å². The van der Waals surface area contributed by atoms with E-state index in [0.717, 1.165) is 40.5 Å². The van der Waals surface area contributed by atoms with Crippen LogP contribution in [0.1, 0.15) is 153 Å². The Hall–Kier alpha value is -2.64. The smallest absolute Gasteiger partial charge is 0.333 e. The summed E-state index contributed by atoms with van der Waals surface area (Å²) < 4.78 is 17.5. The van der Waals surface area contributed by atoms with Gasteiger partial charge in [-0.25, -0.2) is 9.59 Å². The van der Waals surface area contributed by atoms with Crippen molar-refractivity contribution in [1.82, 2.24) is 0 Å². The lowest BCUT2D eigenvalue weighted by Gasteiger charge is -2.40. The van der Waals surface area contributed by atoms with Gasteiger partial charge in [0.1, 0.15) is 5.75 Å². The van der Waals surface area contributed by atoms with Crippen molar-refractivity contribution in [1.29, 1.82) is 0 Å². The van der Waals surface area contributed by atoms with Crippen LogP contribution in [-0.2, 0) is 31.9 Å². The summed E-state index contributed by atoms with van der Waals surface area (Å²) >= 11 is 0. The fourth-order valence-corrected chi connectivity index (χ4v) is 9.27. The summed E-state index contributed by atoms with van der Waals surface area (Å²) in [7, 11) is 0. The van der Waals surface area contributed by atoms with E-state index in [2.05, 4.69) is 25.3 Å². The van der Waals surface area contributed by atoms with Crippen LogP contribution in [-0.4, -0.2) is 55.2 Å². The Morgan fingerprint density at radius 2 is 1.13 bits per heavy atom. The standard InChI is InChI=1S/C45H70O7/c1-6-45(30-46,31-47)24-27-50-42-39(14-10-25-51-43(48)32(2)3)28-41(29-40(42)15-11-26-52-44(49)33(4)5)38-22-20-37(21-23-38)36-18-16-35(17-19-36)34-12-8-7-9-13-34/h28-29,34-38,46-47H,2,4,6-27,30-31H2,1,3,5H3. The first-order valence-electron chi connectivity index (χ1n) is 20.7. The second-order valence-electron chi connectivity index (χ2n) is 16.7. The summed E-state index contributed by atoms with van der Waals surface area (Å²) in [6.07, 6.45) is 21.8. The average Bonchev–Trinajstić information content (AvgIpc) is 3.17. The third kappa shape index (κ3) is 12.2. The minimum atomic E-state index is -0.596. The van der Waals surface area contributed by atoms with Crippen LogP contribution in [0.3, 0.4) is 0 Å². The number of aliphatic hydroxyl groups is 2. The Morgan fingerprint density at radius 3 is 1.56 bits per heavy atom. The van der Waals surface area contributed by atoms with Gasteiger partial charge in [0.25, 0.3) is 0 Å². The second-order valence-corrected chi connectivity index (χ2v) is 16.7. The molecule has 0 heterocycles. The maximum atomic E-state index is 12.1. The maximum Gasteiger partial charge on any atom is 0.333 e. The highest BCUT2D eigenvalue weighted by atomic mass is 16.5. The fourth-order valence-electron chi connectivity index (χ4n) is 9.27. The predicted octanol–water partition coefficient (Wildman–Crippen LogP) is 9.60. The lowest BCUT2D eigenvalue weighted by atomic mass is 9.65. The molecule has 3 aliphatic carbocycles. The Balaban J connectivity index is 1.49. The van der Waals surface area contributed by atoms with Gasteiger partial charge in [-0.05, 0) is 150 Å². The molecule has 2 N–H and O–H groups in total. The molecule has 0 aliphatic heterocycles. The molecule has 0 bridgehead atoms. The van der Waals surface area contributed by atoms with Gasteiger partial charge in [0.05, 0.1) is 33.0 Å². The molecule has 4 rings (SSSR count).